The summed E-state index contributed by atoms with van der Waals surface area (Å²) < 4.78 is 5.35. The minimum atomic E-state index is -1.24. The first-order chi connectivity index (χ1) is 10.1. The van der Waals surface area contributed by atoms with Gasteiger partial charge < -0.3 is 10.5 Å². The Balaban J connectivity index is 3.24. The number of hydrogen-bond donors (Lipinski definition) is 1. The summed E-state index contributed by atoms with van der Waals surface area (Å²) in [6, 6.07) is 6.69. The smallest absolute Gasteiger partial charge is 0.331 e. The highest BCUT2D eigenvalue weighted by atomic mass is 16.5. The van der Waals surface area contributed by atoms with E-state index in [9.17, 15) is 4.79 Å². The zero-order valence-corrected chi connectivity index (χ0v) is 13.8. The van der Waals surface area contributed by atoms with Crippen molar-refractivity contribution in [3.05, 3.63) is 40.3 Å². The van der Waals surface area contributed by atoms with E-state index in [1.165, 1.54) is 0 Å². The van der Waals surface area contributed by atoms with E-state index in [1.807, 2.05) is 20.8 Å². The van der Waals surface area contributed by atoms with Gasteiger partial charge in [-0.25, -0.2) is 4.79 Å². The van der Waals surface area contributed by atoms with Crippen LogP contribution in [0.3, 0.4) is 0 Å². The lowest BCUT2D eigenvalue weighted by Gasteiger charge is -2.34. The summed E-state index contributed by atoms with van der Waals surface area (Å²) in [6.07, 6.45) is 0.199. The summed E-state index contributed by atoms with van der Waals surface area (Å²) in [7, 11) is 0. The Morgan fingerprint density at radius 2 is 1.86 bits per heavy atom. The number of rotatable bonds is 5. The first-order valence-corrected chi connectivity index (χ1v) is 7.24. The molecule has 0 unspecified atom stereocenters. The molecule has 0 aliphatic heterocycles. The van der Waals surface area contributed by atoms with Gasteiger partial charge >= 0.3 is 5.97 Å². The highest BCUT2D eigenvalue weighted by Gasteiger charge is 2.41. The monoisotopic (exact) mass is 304 g/mol. The number of hydrogen-bond acceptors (Lipinski definition) is 4. The Kier molecular flexibility index (Phi) is 5.58. The van der Waals surface area contributed by atoms with Crippen LogP contribution in [0.25, 0.3) is 10.4 Å². The molecule has 1 rings (SSSR count). The Hall–Kier alpha value is -2.04. The maximum Gasteiger partial charge on any atom is 0.331 e. The van der Waals surface area contributed by atoms with E-state index in [1.54, 1.807) is 38.1 Å². The maximum absolute atomic E-state index is 12.5. The molecule has 1 aromatic rings. The molecule has 22 heavy (non-hydrogen) atoms. The molecule has 0 aromatic heterocycles. The van der Waals surface area contributed by atoms with Crippen LogP contribution in [-0.4, -0.2) is 12.1 Å². The van der Waals surface area contributed by atoms with Crippen LogP contribution in [-0.2, 0) is 15.1 Å². The molecular weight excluding hydrogens is 280 g/mol. The van der Waals surface area contributed by atoms with Gasteiger partial charge in [-0.1, -0.05) is 50.2 Å². The van der Waals surface area contributed by atoms with Gasteiger partial charge in [-0.05, 0) is 36.8 Å². The fraction of sp³-hybridized carbons (Fsp3) is 0.562. The number of nitrogens with two attached hydrogens (primary N) is 1. The quantitative estimate of drug-likeness (QED) is 0.382. The minimum absolute atomic E-state index is 0.159. The van der Waals surface area contributed by atoms with Gasteiger partial charge in [0, 0.05) is 10.6 Å². The molecule has 0 heterocycles. The average molecular weight is 304 g/mol. The molecule has 1 atom stereocenters. The van der Waals surface area contributed by atoms with Crippen LogP contribution < -0.4 is 5.73 Å². The Morgan fingerprint density at radius 3 is 2.27 bits per heavy atom. The molecular formula is C16H24N4O2. The van der Waals surface area contributed by atoms with Crippen molar-refractivity contribution < 1.29 is 9.53 Å². The van der Waals surface area contributed by atoms with Crippen molar-refractivity contribution in [1.29, 1.82) is 0 Å². The lowest BCUT2D eigenvalue weighted by molar-refractivity contribution is -0.156. The van der Waals surface area contributed by atoms with Crippen molar-refractivity contribution in [3.63, 3.8) is 0 Å². The van der Waals surface area contributed by atoms with Gasteiger partial charge in [0.1, 0.15) is 5.54 Å². The van der Waals surface area contributed by atoms with Gasteiger partial charge in [-0.3, -0.25) is 0 Å². The van der Waals surface area contributed by atoms with Crippen LogP contribution in [0.2, 0.25) is 0 Å². The molecule has 0 aliphatic rings. The molecule has 0 fully saturated rings. The van der Waals surface area contributed by atoms with Crippen LogP contribution in [0.4, 0.5) is 5.69 Å². The predicted molar refractivity (Wildman–Crippen MR) is 86.4 cm³/mol. The fourth-order valence-corrected chi connectivity index (χ4v) is 2.32. The van der Waals surface area contributed by atoms with E-state index in [0.29, 0.717) is 17.7 Å². The van der Waals surface area contributed by atoms with Crippen LogP contribution in [0, 0.1) is 5.41 Å². The number of azide groups is 1. The average Bonchev–Trinajstić information content (AvgIpc) is 2.37. The third-order valence-corrected chi connectivity index (χ3v) is 3.06. The molecule has 2 N–H and O–H groups in total. The van der Waals surface area contributed by atoms with Crippen molar-refractivity contribution in [3.8, 4) is 0 Å². The number of carbonyl (C=O) groups excluding carboxylic acids is 1. The molecule has 6 heteroatoms. The number of carbonyl (C=O) groups is 1. The second kappa shape index (κ2) is 6.81. The topological polar surface area (TPSA) is 101 Å². The Labute approximate surface area is 131 Å². The summed E-state index contributed by atoms with van der Waals surface area (Å²) in [5, 5.41) is 3.52. The number of esters is 1. The predicted octanol–water partition coefficient (Wildman–Crippen LogP) is 4.17. The molecule has 0 aliphatic carbocycles. The molecule has 0 saturated carbocycles. The van der Waals surface area contributed by atoms with Gasteiger partial charge in [-0.15, -0.1) is 0 Å². The second-order valence-electron chi connectivity index (χ2n) is 6.90. The number of ether oxygens (including phenoxy) is 1. The van der Waals surface area contributed by atoms with E-state index in [0.717, 1.165) is 0 Å². The molecule has 0 saturated heterocycles. The lowest BCUT2D eigenvalue weighted by atomic mass is 9.76. The summed E-state index contributed by atoms with van der Waals surface area (Å²) in [5.41, 5.74) is 14.6. The van der Waals surface area contributed by atoms with E-state index >= 15 is 0 Å². The second-order valence-corrected chi connectivity index (χ2v) is 6.90. The summed E-state index contributed by atoms with van der Waals surface area (Å²) in [6.45, 7) is 9.64. The van der Waals surface area contributed by atoms with Crippen molar-refractivity contribution >= 4 is 11.7 Å². The number of nitrogens with zero attached hydrogens (tertiary/aromatic N) is 3. The highest BCUT2D eigenvalue weighted by molar-refractivity contribution is 5.82. The Bertz CT molecular complexity index is 569. The van der Waals surface area contributed by atoms with Crippen LogP contribution in [0.1, 0.15) is 46.6 Å². The first kappa shape index (κ1) is 18.0. The third kappa shape index (κ3) is 4.76. The summed E-state index contributed by atoms with van der Waals surface area (Å²) in [5.74, 6) is -0.450. The SMILES string of the molecule is CC(C)OC(=O)[C@@](N)(CC(C)(C)C)c1ccc(N=[N+]=[N-])cc1. The van der Waals surface area contributed by atoms with Crippen molar-refractivity contribution in [2.45, 2.75) is 52.7 Å². The molecule has 6 nitrogen and oxygen atoms in total. The van der Waals surface area contributed by atoms with Gasteiger partial charge in [0.05, 0.1) is 6.10 Å². The van der Waals surface area contributed by atoms with Gasteiger partial charge in [-0.2, -0.15) is 0 Å². The summed E-state index contributed by atoms with van der Waals surface area (Å²) >= 11 is 0. The van der Waals surface area contributed by atoms with E-state index in [-0.39, 0.29) is 11.5 Å². The van der Waals surface area contributed by atoms with Crippen molar-refractivity contribution in [1.82, 2.24) is 0 Å². The minimum Gasteiger partial charge on any atom is -0.461 e. The Morgan fingerprint density at radius 1 is 1.32 bits per heavy atom. The van der Waals surface area contributed by atoms with Crippen LogP contribution in [0.5, 0.6) is 0 Å². The van der Waals surface area contributed by atoms with Gasteiger partial charge in [0.2, 0.25) is 0 Å². The van der Waals surface area contributed by atoms with Crippen molar-refractivity contribution in [2.24, 2.45) is 16.3 Å². The lowest BCUT2D eigenvalue weighted by Crippen LogP contribution is -2.49. The fourth-order valence-electron chi connectivity index (χ4n) is 2.32. The summed E-state index contributed by atoms with van der Waals surface area (Å²) in [4.78, 5) is 15.3. The van der Waals surface area contributed by atoms with Crippen molar-refractivity contribution in [2.75, 3.05) is 0 Å². The molecule has 120 valence electrons. The third-order valence-electron chi connectivity index (χ3n) is 3.06. The molecule has 0 radical (unpaired) electrons. The highest BCUT2D eigenvalue weighted by Crippen LogP contribution is 2.35. The maximum atomic E-state index is 12.5. The van der Waals surface area contributed by atoms with E-state index < -0.39 is 11.5 Å². The zero-order valence-electron chi connectivity index (χ0n) is 13.8. The van der Waals surface area contributed by atoms with E-state index in [2.05, 4.69) is 10.0 Å². The zero-order chi connectivity index (χ0) is 17.0. The van der Waals surface area contributed by atoms with Gasteiger partial charge in [0.25, 0.3) is 0 Å². The molecule has 1 aromatic carbocycles. The standard InChI is InChI=1S/C16H24N4O2/c1-11(2)22-14(21)16(17,10-15(3,4)5)12-6-8-13(9-7-12)19-20-18/h6-9,11H,10,17H2,1-5H3/t16-/m1/s1. The first-order valence-electron chi connectivity index (χ1n) is 7.24. The normalized spacial score (nSPS) is 14.1. The molecule has 0 amide bonds. The molecule has 0 spiro atoms. The van der Waals surface area contributed by atoms with Crippen LogP contribution in [0.15, 0.2) is 29.4 Å². The van der Waals surface area contributed by atoms with Crippen LogP contribution >= 0.6 is 0 Å². The van der Waals surface area contributed by atoms with Gasteiger partial charge in [0.15, 0.2) is 0 Å². The largest absolute Gasteiger partial charge is 0.461 e. The molecule has 0 bridgehead atoms. The number of benzene rings is 1. The van der Waals surface area contributed by atoms with E-state index in [4.69, 9.17) is 16.0 Å².